The lowest BCUT2D eigenvalue weighted by atomic mass is 10.1. The molecule has 19 heavy (non-hydrogen) atoms. The number of nitrogens with zero attached hydrogens (tertiary/aromatic N) is 1. The Balaban J connectivity index is 2.03. The Morgan fingerprint density at radius 3 is 2.84 bits per heavy atom. The maximum Gasteiger partial charge on any atom is 0.163 e. The van der Waals surface area contributed by atoms with Crippen LogP contribution in [0.2, 0.25) is 0 Å². The lowest BCUT2D eigenvalue weighted by Crippen LogP contribution is -2.06. The minimum atomic E-state index is 0.000311. The van der Waals surface area contributed by atoms with Crippen LogP contribution in [0.25, 0.3) is 0 Å². The highest BCUT2D eigenvalue weighted by molar-refractivity contribution is 9.10. The fraction of sp³-hybridized carbons (Fsp3) is 0.200. The number of carbonyl (C=O) groups is 1. The lowest BCUT2D eigenvalue weighted by Gasteiger charge is -2.10. The van der Waals surface area contributed by atoms with Gasteiger partial charge in [0.2, 0.25) is 0 Å². The zero-order valence-corrected chi connectivity index (χ0v) is 12.2. The van der Waals surface area contributed by atoms with Crippen molar-refractivity contribution < 1.29 is 9.53 Å². The molecular weight excluding hydrogens is 306 g/mol. The van der Waals surface area contributed by atoms with Gasteiger partial charge >= 0.3 is 0 Å². The van der Waals surface area contributed by atoms with Crippen molar-refractivity contribution >= 4 is 21.7 Å². The molecule has 0 fully saturated rings. The molecule has 1 aromatic heterocycles. The van der Waals surface area contributed by atoms with Crippen LogP contribution in [-0.4, -0.2) is 17.4 Å². The maximum absolute atomic E-state index is 11.5. The van der Waals surface area contributed by atoms with Crippen LogP contribution >= 0.6 is 15.9 Å². The number of hydrogen-bond acceptors (Lipinski definition) is 3. The molecule has 0 saturated carbocycles. The Labute approximate surface area is 120 Å². The van der Waals surface area contributed by atoms with Gasteiger partial charge in [-0.25, -0.2) is 0 Å². The minimum Gasteiger partial charge on any atom is -0.492 e. The first-order chi connectivity index (χ1) is 9.16. The van der Waals surface area contributed by atoms with Crippen LogP contribution in [0.3, 0.4) is 0 Å². The van der Waals surface area contributed by atoms with Gasteiger partial charge in [-0.1, -0.05) is 22.0 Å². The lowest BCUT2D eigenvalue weighted by molar-refractivity contribution is 0.101. The number of ketones is 1. The smallest absolute Gasteiger partial charge is 0.163 e. The van der Waals surface area contributed by atoms with Gasteiger partial charge in [0.05, 0.1) is 12.2 Å². The molecule has 0 spiro atoms. The Morgan fingerprint density at radius 1 is 1.32 bits per heavy atom. The average Bonchev–Trinajstić information content (AvgIpc) is 2.39. The summed E-state index contributed by atoms with van der Waals surface area (Å²) in [5.41, 5.74) is 1.58. The second-order valence-electron chi connectivity index (χ2n) is 4.12. The van der Waals surface area contributed by atoms with E-state index in [-0.39, 0.29) is 5.78 Å². The van der Waals surface area contributed by atoms with Crippen molar-refractivity contribution in [2.75, 3.05) is 6.61 Å². The van der Waals surface area contributed by atoms with E-state index in [0.717, 1.165) is 10.2 Å². The number of benzene rings is 1. The highest BCUT2D eigenvalue weighted by Gasteiger charge is 2.09. The molecule has 4 heteroatoms. The van der Waals surface area contributed by atoms with Crippen LogP contribution in [0.5, 0.6) is 5.75 Å². The van der Waals surface area contributed by atoms with E-state index < -0.39 is 0 Å². The zero-order valence-electron chi connectivity index (χ0n) is 10.6. The standard InChI is InChI=1S/C15H14BrNO2/c1-11(18)14-6-5-12(16)10-15(14)19-9-7-13-4-2-3-8-17-13/h2-6,8,10H,7,9H2,1H3. The molecule has 2 rings (SSSR count). The minimum absolute atomic E-state index is 0.000311. The molecule has 0 amide bonds. The molecule has 2 aromatic rings. The normalized spacial score (nSPS) is 10.2. The van der Waals surface area contributed by atoms with E-state index in [0.29, 0.717) is 24.3 Å². The summed E-state index contributed by atoms with van der Waals surface area (Å²) in [6.45, 7) is 2.03. The predicted octanol–water partition coefficient (Wildman–Crippen LogP) is 3.67. The summed E-state index contributed by atoms with van der Waals surface area (Å²) >= 11 is 3.38. The van der Waals surface area contributed by atoms with Gasteiger partial charge in [0.1, 0.15) is 5.75 Å². The first-order valence-corrected chi connectivity index (χ1v) is 6.79. The van der Waals surface area contributed by atoms with Crippen molar-refractivity contribution in [1.82, 2.24) is 4.98 Å². The predicted molar refractivity (Wildman–Crippen MR) is 77.6 cm³/mol. The van der Waals surface area contributed by atoms with Crippen molar-refractivity contribution in [2.24, 2.45) is 0 Å². The summed E-state index contributed by atoms with van der Waals surface area (Å²) in [4.78, 5) is 15.7. The highest BCUT2D eigenvalue weighted by Crippen LogP contribution is 2.24. The largest absolute Gasteiger partial charge is 0.492 e. The molecule has 0 saturated heterocycles. The fourth-order valence-corrected chi connectivity index (χ4v) is 2.06. The van der Waals surface area contributed by atoms with E-state index in [1.165, 1.54) is 6.92 Å². The highest BCUT2D eigenvalue weighted by atomic mass is 79.9. The fourth-order valence-electron chi connectivity index (χ4n) is 1.72. The van der Waals surface area contributed by atoms with Crippen LogP contribution in [0.4, 0.5) is 0 Å². The third-order valence-corrected chi connectivity index (χ3v) is 3.16. The summed E-state index contributed by atoms with van der Waals surface area (Å²) in [6, 6.07) is 11.2. The Hall–Kier alpha value is -1.68. The number of hydrogen-bond donors (Lipinski definition) is 0. The topological polar surface area (TPSA) is 39.2 Å². The van der Waals surface area contributed by atoms with E-state index in [1.807, 2.05) is 30.3 Å². The summed E-state index contributed by atoms with van der Waals surface area (Å²) in [5, 5.41) is 0. The summed E-state index contributed by atoms with van der Waals surface area (Å²) < 4.78 is 6.59. The van der Waals surface area contributed by atoms with Gasteiger partial charge in [-0.3, -0.25) is 9.78 Å². The van der Waals surface area contributed by atoms with Crippen molar-refractivity contribution in [3.8, 4) is 5.75 Å². The quantitative estimate of drug-likeness (QED) is 0.789. The first kappa shape index (κ1) is 13.7. The molecule has 0 atom stereocenters. The molecule has 0 aliphatic carbocycles. The number of aromatic nitrogens is 1. The molecule has 0 aliphatic rings. The molecule has 3 nitrogen and oxygen atoms in total. The molecular formula is C15H14BrNO2. The SMILES string of the molecule is CC(=O)c1ccc(Br)cc1OCCc1ccccn1. The van der Waals surface area contributed by atoms with E-state index in [1.54, 1.807) is 12.3 Å². The molecule has 0 unspecified atom stereocenters. The van der Waals surface area contributed by atoms with Gasteiger partial charge in [0, 0.05) is 22.8 Å². The van der Waals surface area contributed by atoms with Crippen LogP contribution in [0.15, 0.2) is 47.1 Å². The number of Topliss-reactive ketones (excluding diaryl/α,β-unsaturated/α-hetero) is 1. The van der Waals surface area contributed by atoms with Gasteiger partial charge < -0.3 is 4.74 Å². The molecule has 0 bridgehead atoms. The van der Waals surface area contributed by atoms with Crippen molar-refractivity contribution in [3.63, 3.8) is 0 Å². The molecule has 0 N–H and O–H groups in total. The van der Waals surface area contributed by atoms with Crippen LogP contribution in [0.1, 0.15) is 23.0 Å². The van der Waals surface area contributed by atoms with Crippen molar-refractivity contribution in [3.05, 3.63) is 58.3 Å². The van der Waals surface area contributed by atoms with E-state index in [9.17, 15) is 4.79 Å². The summed E-state index contributed by atoms with van der Waals surface area (Å²) in [7, 11) is 0. The monoisotopic (exact) mass is 319 g/mol. The molecule has 0 radical (unpaired) electrons. The molecule has 0 aliphatic heterocycles. The molecule has 1 aromatic carbocycles. The van der Waals surface area contributed by atoms with Gasteiger partial charge in [-0.15, -0.1) is 0 Å². The number of ether oxygens (including phenoxy) is 1. The second-order valence-corrected chi connectivity index (χ2v) is 5.03. The number of carbonyl (C=O) groups excluding carboxylic acids is 1. The van der Waals surface area contributed by atoms with Crippen LogP contribution in [0, 0.1) is 0 Å². The van der Waals surface area contributed by atoms with Gasteiger partial charge in [0.25, 0.3) is 0 Å². The Kier molecular flexibility index (Phi) is 4.68. The van der Waals surface area contributed by atoms with Gasteiger partial charge in [0.15, 0.2) is 5.78 Å². The second kappa shape index (κ2) is 6.48. The maximum atomic E-state index is 11.5. The number of pyridine rings is 1. The number of halogens is 1. The number of rotatable bonds is 5. The van der Waals surface area contributed by atoms with Crippen molar-refractivity contribution in [2.45, 2.75) is 13.3 Å². The average molecular weight is 320 g/mol. The van der Waals surface area contributed by atoms with Crippen LogP contribution in [-0.2, 0) is 6.42 Å². The Morgan fingerprint density at radius 2 is 2.16 bits per heavy atom. The van der Waals surface area contributed by atoms with Crippen LogP contribution < -0.4 is 4.74 Å². The summed E-state index contributed by atoms with van der Waals surface area (Å²) in [5.74, 6) is 0.609. The Bertz CT molecular complexity index is 570. The molecule has 98 valence electrons. The zero-order chi connectivity index (χ0) is 13.7. The summed E-state index contributed by atoms with van der Waals surface area (Å²) in [6.07, 6.45) is 2.47. The van der Waals surface area contributed by atoms with E-state index in [2.05, 4.69) is 20.9 Å². The molecule has 1 heterocycles. The van der Waals surface area contributed by atoms with Gasteiger partial charge in [-0.05, 0) is 37.3 Å². The van der Waals surface area contributed by atoms with Crippen molar-refractivity contribution in [1.29, 1.82) is 0 Å². The van der Waals surface area contributed by atoms with Gasteiger partial charge in [-0.2, -0.15) is 0 Å². The third kappa shape index (κ3) is 3.89. The first-order valence-electron chi connectivity index (χ1n) is 6.00. The van der Waals surface area contributed by atoms with E-state index in [4.69, 9.17) is 4.74 Å². The third-order valence-electron chi connectivity index (χ3n) is 2.66. The van der Waals surface area contributed by atoms with E-state index >= 15 is 0 Å².